The van der Waals surface area contributed by atoms with E-state index in [-0.39, 0.29) is 12.2 Å². The Balaban J connectivity index is 2.24. The van der Waals surface area contributed by atoms with E-state index in [2.05, 4.69) is 12.2 Å². The van der Waals surface area contributed by atoms with Crippen molar-refractivity contribution in [1.29, 1.82) is 0 Å². The fourth-order valence-electron chi connectivity index (χ4n) is 1.86. The third-order valence-corrected chi connectivity index (χ3v) is 2.65. The van der Waals surface area contributed by atoms with E-state index in [4.69, 9.17) is 16.3 Å². The molecule has 0 aromatic heterocycles. The van der Waals surface area contributed by atoms with Crippen LogP contribution in [0.4, 0.5) is 0 Å². The smallest absolute Gasteiger partial charge is 0.102 e. The van der Waals surface area contributed by atoms with Crippen molar-refractivity contribution in [1.82, 2.24) is 0 Å². The predicted molar refractivity (Wildman–Crippen MR) is 47.2 cm³/mol. The molecule has 12 heavy (non-hydrogen) atoms. The first-order chi connectivity index (χ1) is 5.84. The Bertz CT molecular complexity index is 370. The molecule has 60 valence electrons. The second kappa shape index (κ2) is 2.12. The van der Waals surface area contributed by atoms with Gasteiger partial charge in [0.1, 0.15) is 12.2 Å². The summed E-state index contributed by atoms with van der Waals surface area (Å²) in [5, 5.41) is 0.790. The van der Waals surface area contributed by atoms with Gasteiger partial charge < -0.3 is 4.74 Å². The number of benzene rings is 1. The Kier molecular flexibility index (Phi) is 1.18. The van der Waals surface area contributed by atoms with Gasteiger partial charge in [-0.2, -0.15) is 0 Å². The Morgan fingerprint density at radius 1 is 1.08 bits per heavy atom. The normalized spacial score (nSPS) is 29.4. The highest BCUT2D eigenvalue weighted by atomic mass is 35.5. The van der Waals surface area contributed by atoms with E-state index >= 15 is 0 Å². The Morgan fingerprint density at radius 2 is 1.83 bits per heavy atom. The lowest BCUT2D eigenvalue weighted by molar-refractivity contribution is 0.0878. The Morgan fingerprint density at radius 3 is 2.67 bits per heavy atom. The maximum atomic E-state index is 5.88. The standard InChI is InChI=1S/C10H7ClO/c11-6-1-2-7-8(5-6)10-4-3-9(7)12-10/h1-5,9-10H/t9-,10+/m1/s1. The molecule has 0 saturated heterocycles. The second-order valence-electron chi connectivity index (χ2n) is 3.14. The number of ether oxygens (including phenoxy) is 1. The van der Waals surface area contributed by atoms with E-state index in [0.29, 0.717) is 0 Å². The molecule has 0 saturated carbocycles. The zero-order valence-corrected chi connectivity index (χ0v) is 7.08. The zero-order chi connectivity index (χ0) is 8.13. The topological polar surface area (TPSA) is 9.23 Å². The first-order valence-corrected chi connectivity index (χ1v) is 4.35. The van der Waals surface area contributed by atoms with Gasteiger partial charge in [-0.1, -0.05) is 29.8 Å². The van der Waals surface area contributed by atoms with Gasteiger partial charge in [-0.3, -0.25) is 0 Å². The number of rotatable bonds is 0. The quantitative estimate of drug-likeness (QED) is 0.555. The SMILES string of the molecule is Clc1ccc2c(c1)[C@@H]1C=C[C@H]2O1. The van der Waals surface area contributed by atoms with Crippen molar-refractivity contribution >= 4 is 11.6 Å². The highest BCUT2D eigenvalue weighted by Crippen LogP contribution is 2.46. The molecule has 0 radical (unpaired) electrons. The van der Waals surface area contributed by atoms with Gasteiger partial charge in [-0.25, -0.2) is 0 Å². The average molecular weight is 179 g/mol. The molecule has 2 bridgehead atoms. The van der Waals surface area contributed by atoms with Crippen molar-refractivity contribution in [3.8, 4) is 0 Å². The number of fused-ring (bicyclic) bond motifs is 5. The lowest BCUT2D eigenvalue weighted by Crippen LogP contribution is -1.91. The van der Waals surface area contributed by atoms with Gasteiger partial charge >= 0.3 is 0 Å². The van der Waals surface area contributed by atoms with E-state index in [1.54, 1.807) is 0 Å². The van der Waals surface area contributed by atoms with Gasteiger partial charge in [0.05, 0.1) is 0 Å². The summed E-state index contributed by atoms with van der Waals surface area (Å²) >= 11 is 5.88. The average Bonchev–Trinajstić information content (AvgIpc) is 2.63. The van der Waals surface area contributed by atoms with Crippen LogP contribution in [0.5, 0.6) is 0 Å². The van der Waals surface area contributed by atoms with Crippen LogP contribution in [0.2, 0.25) is 5.02 Å². The van der Waals surface area contributed by atoms with Crippen LogP contribution in [0, 0.1) is 0 Å². The molecule has 1 nitrogen and oxygen atoms in total. The van der Waals surface area contributed by atoms with E-state index in [1.165, 1.54) is 11.1 Å². The van der Waals surface area contributed by atoms with E-state index in [9.17, 15) is 0 Å². The summed E-state index contributed by atoms with van der Waals surface area (Å²) in [5.41, 5.74) is 2.50. The molecule has 0 amide bonds. The molecule has 2 heterocycles. The summed E-state index contributed by atoms with van der Waals surface area (Å²) in [6.07, 6.45) is 4.52. The van der Waals surface area contributed by atoms with Crippen LogP contribution in [0.25, 0.3) is 0 Å². The second-order valence-corrected chi connectivity index (χ2v) is 3.57. The fourth-order valence-corrected chi connectivity index (χ4v) is 2.04. The number of halogens is 1. The number of hydrogen-bond acceptors (Lipinski definition) is 1. The highest BCUT2D eigenvalue weighted by Gasteiger charge is 2.33. The first-order valence-electron chi connectivity index (χ1n) is 3.98. The van der Waals surface area contributed by atoms with Crippen LogP contribution in [-0.4, -0.2) is 0 Å². The molecule has 2 aliphatic rings. The van der Waals surface area contributed by atoms with Gasteiger partial charge in [-0.15, -0.1) is 0 Å². The summed E-state index contributed by atoms with van der Waals surface area (Å²) in [6, 6.07) is 5.95. The molecule has 0 unspecified atom stereocenters. The Labute approximate surface area is 75.6 Å². The third kappa shape index (κ3) is 0.728. The van der Waals surface area contributed by atoms with Crippen molar-refractivity contribution < 1.29 is 4.74 Å². The van der Waals surface area contributed by atoms with Crippen LogP contribution in [0.15, 0.2) is 30.4 Å². The van der Waals surface area contributed by atoms with Crippen LogP contribution < -0.4 is 0 Å². The van der Waals surface area contributed by atoms with Crippen LogP contribution in [0.3, 0.4) is 0 Å². The van der Waals surface area contributed by atoms with Crippen LogP contribution in [-0.2, 0) is 4.74 Å². The molecular formula is C10H7ClO. The molecule has 1 aromatic rings. The van der Waals surface area contributed by atoms with E-state index in [0.717, 1.165) is 5.02 Å². The summed E-state index contributed by atoms with van der Waals surface area (Å²) in [6.45, 7) is 0. The summed E-state index contributed by atoms with van der Waals surface area (Å²) < 4.78 is 5.63. The molecule has 1 aromatic carbocycles. The molecule has 3 rings (SSSR count). The lowest BCUT2D eigenvalue weighted by Gasteiger charge is -2.05. The maximum absolute atomic E-state index is 5.88. The van der Waals surface area contributed by atoms with E-state index < -0.39 is 0 Å². The minimum atomic E-state index is 0.156. The molecule has 0 aliphatic carbocycles. The minimum Gasteiger partial charge on any atom is -0.357 e. The van der Waals surface area contributed by atoms with Crippen molar-refractivity contribution in [3.63, 3.8) is 0 Å². The van der Waals surface area contributed by atoms with Gasteiger partial charge in [-0.05, 0) is 23.3 Å². The minimum absolute atomic E-state index is 0.156. The van der Waals surface area contributed by atoms with Crippen molar-refractivity contribution in [2.75, 3.05) is 0 Å². The fraction of sp³-hybridized carbons (Fsp3) is 0.200. The third-order valence-electron chi connectivity index (χ3n) is 2.42. The van der Waals surface area contributed by atoms with Crippen molar-refractivity contribution in [2.24, 2.45) is 0 Å². The molecule has 0 spiro atoms. The van der Waals surface area contributed by atoms with Gasteiger partial charge in [0, 0.05) is 5.02 Å². The maximum Gasteiger partial charge on any atom is 0.102 e. The van der Waals surface area contributed by atoms with Crippen LogP contribution >= 0.6 is 11.6 Å². The van der Waals surface area contributed by atoms with Crippen LogP contribution in [0.1, 0.15) is 23.3 Å². The molecule has 2 heteroatoms. The van der Waals surface area contributed by atoms with Gasteiger partial charge in [0.25, 0.3) is 0 Å². The predicted octanol–water partition coefficient (Wildman–Crippen LogP) is 3.02. The van der Waals surface area contributed by atoms with E-state index in [1.807, 2.05) is 18.2 Å². The summed E-state index contributed by atoms with van der Waals surface area (Å²) in [4.78, 5) is 0. The first kappa shape index (κ1) is 6.70. The van der Waals surface area contributed by atoms with Gasteiger partial charge in [0.2, 0.25) is 0 Å². The lowest BCUT2D eigenvalue weighted by atomic mass is 9.97. The molecule has 2 aliphatic heterocycles. The molecular weight excluding hydrogens is 172 g/mol. The molecule has 2 atom stereocenters. The summed E-state index contributed by atoms with van der Waals surface area (Å²) in [5.74, 6) is 0. The Hall–Kier alpha value is -0.790. The van der Waals surface area contributed by atoms with Crippen molar-refractivity contribution in [3.05, 3.63) is 46.5 Å². The van der Waals surface area contributed by atoms with Crippen molar-refractivity contribution in [2.45, 2.75) is 12.2 Å². The molecule has 0 fully saturated rings. The monoisotopic (exact) mass is 178 g/mol. The summed E-state index contributed by atoms with van der Waals surface area (Å²) in [7, 11) is 0. The molecule has 0 N–H and O–H groups in total. The highest BCUT2D eigenvalue weighted by molar-refractivity contribution is 6.30. The largest absolute Gasteiger partial charge is 0.357 e. The van der Waals surface area contributed by atoms with Gasteiger partial charge in [0.15, 0.2) is 0 Å². The number of hydrogen-bond donors (Lipinski definition) is 0. The zero-order valence-electron chi connectivity index (χ0n) is 6.33.